The van der Waals surface area contributed by atoms with E-state index in [0.29, 0.717) is 12.3 Å². The van der Waals surface area contributed by atoms with E-state index in [-0.39, 0.29) is 0 Å². The lowest BCUT2D eigenvalue weighted by atomic mass is 9.90. The van der Waals surface area contributed by atoms with Gasteiger partial charge in [-0.15, -0.1) is 0 Å². The minimum absolute atomic E-state index is 0.440. The van der Waals surface area contributed by atoms with Gasteiger partial charge in [-0.25, -0.2) is 0 Å². The molecule has 0 aliphatic heterocycles. The quantitative estimate of drug-likeness (QED) is 0.680. The minimum atomic E-state index is 0.440. The van der Waals surface area contributed by atoms with Crippen LogP contribution in [-0.2, 0) is 17.6 Å². The number of hydrogen-bond acceptors (Lipinski definition) is 1. The van der Waals surface area contributed by atoms with Crippen molar-refractivity contribution < 1.29 is 4.79 Å². The van der Waals surface area contributed by atoms with Crippen LogP contribution >= 0.6 is 0 Å². The summed E-state index contributed by atoms with van der Waals surface area (Å²) < 4.78 is 0. The fourth-order valence-electron chi connectivity index (χ4n) is 2.51. The molecule has 20 heavy (non-hydrogen) atoms. The second-order valence-electron chi connectivity index (χ2n) is 5.48. The number of carbonyl (C=O) groups is 1. The Labute approximate surface area is 121 Å². The van der Waals surface area contributed by atoms with Gasteiger partial charge in [0.15, 0.2) is 0 Å². The van der Waals surface area contributed by atoms with E-state index in [4.69, 9.17) is 0 Å². The van der Waals surface area contributed by atoms with Gasteiger partial charge < -0.3 is 4.79 Å². The second kappa shape index (κ2) is 7.64. The average molecular weight is 266 g/mol. The predicted molar refractivity (Wildman–Crippen MR) is 83.8 cm³/mol. The van der Waals surface area contributed by atoms with Gasteiger partial charge in [0.1, 0.15) is 6.29 Å². The maximum Gasteiger partial charge on any atom is 0.120 e. The summed E-state index contributed by atoms with van der Waals surface area (Å²) >= 11 is 0. The van der Waals surface area contributed by atoms with Gasteiger partial charge in [0.25, 0.3) is 0 Å². The minimum Gasteiger partial charge on any atom is -0.303 e. The van der Waals surface area contributed by atoms with Gasteiger partial charge in [-0.1, -0.05) is 60.2 Å². The van der Waals surface area contributed by atoms with Crippen molar-refractivity contribution in [2.24, 2.45) is 5.92 Å². The lowest BCUT2D eigenvalue weighted by Gasteiger charge is -2.14. The van der Waals surface area contributed by atoms with E-state index in [0.717, 1.165) is 25.5 Å². The maximum atomic E-state index is 10.9. The Morgan fingerprint density at radius 2 is 1.65 bits per heavy atom. The highest BCUT2D eigenvalue weighted by molar-refractivity contribution is 5.49. The normalized spacial score (nSPS) is 12.1. The molecular weight excluding hydrogens is 244 g/mol. The zero-order valence-electron chi connectivity index (χ0n) is 12.1. The molecule has 0 spiro atoms. The third kappa shape index (κ3) is 4.65. The number of aryl methyl sites for hydroxylation is 2. The van der Waals surface area contributed by atoms with Crippen LogP contribution < -0.4 is 0 Å². The van der Waals surface area contributed by atoms with E-state index in [1.807, 2.05) is 6.07 Å². The molecule has 0 radical (unpaired) electrons. The smallest absolute Gasteiger partial charge is 0.120 e. The molecule has 0 saturated carbocycles. The topological polar surface area (TPSA) is 17.1 Å². The molecule has 0 aliphatic rings. The van der Waals surface area contributed by atoms with Gasteiger partial charge in [-0.3, -0.25) is 0 Å². The zero-order chi connectivity index (χ0) is 14.2. The number of rotatable bonds is 7. The van der Waals surface area contributed by atoms with Gasteiger partial charge in [0.05, 0.1) is 0 Å². The third-order valence-corrected chi connectivity index (χ3v) is 3.76. The summed E-state index contributed by atoms with van der Waals surface area (Å²) in [6.45, 7) is 2.10. The molecule has 0 aliphatic carbocycles. The van der Waals surface area contributed by atoms with Gasteiger partial charge in [0.2, 0.25) is 0 Å². The molecule has 2 rings (SSSR count). The highest BCUT2D eigenvalue weighted by Crippen LogP contribution is 2.18. The van der Waals surface area contributed by atoms with E-state index in [2.05, 4.69) is 55.5 Å². The van der Waals surface area contributed by atoms with Gasteiger partial charge in [-0.2, -0.15) is 0 Å². The number of hydrogen-bond donors (Lipinski definition) is 0. The van der Waals surface area contributed by atoms with Gasteiger partial charge in [0, 0.05) is 6.42 Å². The molecule has 0 fully saturated rings. The van der Waals surface area contributed by atoms with Crippen LogP contribution in [0.25, 0.3) is 0 Å². The number of carbonyl (C=O) groups excluding carboxylic acids is 1. The Bertz CT molecular complexity index is 513. The van der Waals surface area contributed by atoms with Crippen molar-refractivity contribution in [3.05, 3.63) is 71.3 Å². The maximum absolute atomic E-state index is 10.9. The molecule has 1 unspecified atom stereocenters. The van der Waals surface area contributed by atoms with Crippen LogP contribution in [0.4, 0.5) is 0 Å². The van der Waals surface area contributed by atoms with Crippen molar-refractivity contribution >= 4 is 6.29 Å². The number of benzene rings is 2. The van der Waals surface area contributed by atoms with Gasteiger partial charge in [-0.05, 0) is 43.2 Å². The zero-order valence-corrected chi connectivity index (χ0v) is 12.1. The van der Waals surface area contributed by atoms with Crippen molar-refractivity contribution in [1.29, 1.82) is 0 Å². The largest absolute Gasteiger partial charge is 0.303 e. The highest BCUT2D eigenvalue weighted by Gasteiger charge is 2.09. The summed E-state index contributed by atoms with van der Waals surface area (Å²) in [6, 6.07) is 19.1. The van der Waals surface area contributed by atoms with E-state index in [1.165, 1.54) is 16.7 Å². The fraction of sp³-hybridized carbons (Fsp3) is 0.316. The van der Waals surface area contributed by atoms with Crippen molar-refractivity contribution in [2.75, 3.05) is 0 Å². The Morgan fingerprint density at radius 1 is 0.950 bits per heavy atom. The molecule has 1 heteroatoms. The molecule has 0 amide bonds. The van der Waals surface area contributed by atoms with Crippen molar-refractivity contribution in [3.63, 3.8) is 0 Å². The summed E-state index contributed by atoms with van der Waals surface area (Å²) in [6.07, 6.45) is 4.82. The van der Waals surface area contributed by atoms with Crippen LogP contribution in [0.1, 0.15) is 29.5 Å². The van der Waals surface area contributed by atoms with Crippen LogP contribution in [0.3, 0.4) is 0 Å². The molecule has 2 aromatic rings. The Balaban J connectivity index is 1.93. The van der Waals surface area contributed by atoms with Crippen molar-refractivity contribution in [3.8, 4) is 0 Å². The van der Waals surface area contributed by atoms with E-state index >= 15 is 0 Å². The monoisotopic (exact) mass is 266 g/mol. The van der Waals surface area contributed by atoms with Crippen LogP contribution in [0.15, 0.2) is 54.6 Å². The van der Waals surface area contributed by atoms with Crippen LogP contribution in [0.2, 0.25) is 0 Å². The first-order valence-corrected chi connectivity index (χ1v) is 7.31. The summed E-state index contributed by atoms with van der Waals surface area (Å²) in [4.78, 5) is 10.9. The van der Waals surface area contributed by atoms with Crippen molar-refractivity contribution in [2.45, 2.75) is 32.6 Å². The number of aldehydes is 1. The fourth-order valence-corrected chi connectivity index (χ4v) is 2.51. The SMILES string of the molecule is Cc1ccc(CC(CC=O)CCc2ccccc2)cc1. The molecule has 104 valence electrons. The molecule has 0 bridgehead atoms. The Morgan fingerprint density at radius 3 is 2.30 bits per heavy atom. The lowest BCUT2D eigenvalue weighted by molar-refractivity contribution is -0.108. The summed E-state index contributed by atoms with van der Waals surface area (Å²) in [5.41, 5.74) is 3.97. The Hall–Kier alpha value is -1.89. The third-order valence-electron chi connectivity index (χ3n) is 3.76. The molecule has 0 saturated heterocycles. The second-order valence-corrected chi connectivity index (χ2v) is 5.48. The molecule has 0 N–H and O–H groups in total. The molecular formula is C19H22O. The Kier molecular flexibility index (Phi) is 5.55. The van der Waals surface area contributed by atoms with Crippen molar-refractivity contribution in [1.82, 2.24) is 0 Å². The average Bonchev–Trinajstić information content (AvgIpc) is 2.48. The molecule has 2 aromatic carbocycles. The molecule has 1 atom stereocenters. The molecule has 0 aromatic heterocycles. The summed E-state index contributed by atoms with van der Waals surface area (Å²) in [7, 11) is 0. The van der Waals surface area contributed by atoms with E-state index in [1.54, 1.807) is 0 Å². The van der Waals surface area contributed by atoms with Gasteiger partial charge >= 0.3 is 0 Å². The first-order valence-electron chi connectivity index (χ1n) is 7.31. The van der Waals surface area contributed by atoms with Crippen LogP contribution in [0, 0.1) is 12.8 Å². The lowest BCUT2D eigenvalue weighted by Crippen LogP contribution is -2.07. The highest BCUT2D eigenvalue weighted by atomic mass is 16.1. The summed E-state index contributed by atoms with van der Waals surface area (Å²) in [5, 5.41) is 0. The molecule has 0 heterocycles. The standard InChI is InChI=1S/C19H22O/c1-16-7-9-18(10-8-16)15-19(13-14-20)12-11-17-5-3-2-4-6-17/h2-10,14,19H,11-13,15H2,1H3. The van der Waals surface area contributed by atoms with Crippen LogP contribution in [-0.4, -0.2) is 6.29 Å². The van der Waals surface area contributed by atoms with E-state index in [9.17, 15) is 4.79 Å². The predicted octanol–water partition coefficient (Wildman–Crippen LogP) is 4.38. The summed E-state index contributed by atoms with van der Waals surface area (Å²) in [5.74, 6) is 0.440. The first-order chi connectivity index (χ1) is 9.78. The first kappa shape index (κ1) is 14.5. The molecule has 1 nitrogen and oxygen atoms in total. The van der Waals surface area contributed by atoms with E-state index < -0.39 is 0 Å². The van der Waals surface area contributed by atoms with Crippen LogP contribution in [0.5, 0.6) is 0 Å².